The largest absolute Gasteiger partial charge is 0.434 e. The molecule has 2 rings (SSSR count). The molecule has 0 unspecified atom stereocenters. The topological polar surface area (TPSA) is 32.7 Å². The number of alkyl halides is 2. The molecule has 0 spiro atoms. The number of piperidine rings is 1. The van der Waals surface area contributed by atoms with Crippen LogP contribution in [-0.4, -0.2) is 35.8 Å². The Hall–Kier alpha value is -1.20. The second-order valence-corrected chi connectivity index (χ2v) is 4.49. The van der Waals surface area contributed by atoms with E-state index in [1.54, 1.807) is 18.2 Å². The van der Waals surface area contributed by atoms with Gasteiger partial charge in [-0.25, -0.2) is 0 Å². The number of likely N-dealkylation sites (tertiary alicyclic amines) is 1. The van der Waals surface area contributed by atoms with Crippen molar-refractivity contribution in [2.45, 2.75) is 32.1 Å². The van der Waals surface area contributed by atoms with Gasteiger partial charge in [-0.15, -0.1) is 0 Å². The first-order valence-electron chi connectivity index (χ1n) is 6.08. The van der Waals surface area contributed by atoms with Gasteiger partial charge in [-0.1, -0.05) is 18.2 Å². The summed E-state index contributed by atoms with van der Waals surface area (Å²) in [5.41, 5.74) is 0.759. The molecule has 0 aromatic heterocycles. The van der Waals surface area contributed by atoms with Crippen molar-refractivity contribution in [3.8, 4) is 5.75 Å². The quantitative estimate of drug-likeness (QED) is 0.898. The van der Waals surface area contributed by atoms with Crippen LogP contribution in [0.25, 0.3) is 0 Å². The van der Waals surface area contributed by atoms with E-state index < -0.39 is 6.61 Å². The van der Waals surface area contributed by atoms with Crippen molar-refractivity contribution < 1.29 is 18.6 Å². The number of aliphatic hydroxyl groups excluding tert-OH is 1. The fourth-order valence-corrected chi connectivity index (χ4v) is 2.16. The van der Waals surface area contributed by atoms with Crippen LogP contribution < -0.4 is 4.74 Å². The molecular weight excluding hydrogens is 240 g/mol. The Morgan fingerprint density at radius 1 is 1.28 bits per heavy atom. The van der Waals surface area contributed by atoms with Gasteiger partial charge in [-0.3, -0.25) is 4.90 Å². The molecule has 5 heteroatoms. The minimum atomic E-state index is -2.80. The highest BCUT2D eigenvalue weighted by Gasteiger charge is 2.18. The molecule has 0 aliphatic carbocycles. The van der Waals surface area contributed by atoms with E-state index >= 15 is 0 Å². The normalized spacial score (nSPS) is 18.2. The van der Waals surface area contributed by atoms with Crippen molar-refractivity contribution >= 4 is 0 Å². The van der Waals surface area contributed by atoms with Crippen molar-refractivity contribution in [1.82, 2.24) is 4.90 Å². The molecular formula is C13H17F2NO2. The fraction of sp³-hybridized carbons (Fsp3) is 0.538. The predicted octanol–water partition coefficient (Wildman–Crippen LogP) is 2.24. The van der Waals surface area contributed by atoms with Gasteiger partial charge in [0.1, 0.15) is 5.75 Å². The Morgan fingerprint density at radius 2 is 1.94 bits per heavy atom. The van der Waals surface area contributed by atoms with Gasteiger partial charge in [0.25, 0.3) is 0 Å². The monoisotopic (exact) mass is 257 g/mol. The van der Waals surface area contributed by atoms with Crippen LogP contribution in [0, 0.1) is 0 Å². The van der Waals surface area contributed by atoms with Gasteiger partial charge in [0.2, 0.25) is 0 Å². The molecule has 0 bridgehead atoms. The van der Waals surface area contributed by atoms with Gasteiger partial charge in [0.05, 0.1) is 6.10 Å². The van der Waals surface area contributed by atoms with Crippen molar-refractivity contribution in [2.75, 3.05) is 13.1 Å². The fourth-order valence-electron chi connectivity index (χ4n) is 2.16. The Morgan fingerprint density at radius 3 is 2.61 bits per heavy atom. The number of para-hydroxylation sites is 1. The summed E-state index contributed by atoms with van der Waals surface area (Å²) in [6, 6.07) is 6.84. The molecule has 1 N–H and O–H groups in total. The maximum Gasteiger partial charge on any atom is 0.387 e. The third-order valence-corrected chi connectivity index (χ3v) is 3.14. The minimum absolute atomic E-state index is 0.228. The van der Waals surface area contributed by atoms with Gasteiger partial charge in [0.15, 0.2) is 0 Å². The summed E-state index contributed by atoms with van der Waals surface area (Å²) in [6.07, 6.45) is 1.24. The van der Waals surface area contributed by atoms with E-state index in [9.17, 15) is 13.9 Å². The highest BCUT2D eigenvalue weighted by atomic mass is 19.3. The highest BCUT2D eigenvalue weighted by molar-refractivity contribution is 5.33. The zero-order valence-electron chi connectivity index (χ0n) is 10.1. The van der Waals surface area contributed by atoms with Crippen LogP contribution in [0.15, 0.2) is 24.3 Å². The summed E-state index contributed by atoms with van der Waals surface area (Å²) in [4.78, 5) is 2.14. The van der Waals surface area contributed by atoms with Crippen molar-refractivity contribution in [2.24, 2.45) is 0 Å². The summed E-state index contributed by atoms with van der Waals surface area (Å²) in [5, 5.41) is 9.42. The SMILES string of the molecule is OC1CCN(Cc2ccccc2OC(F)F)CC1. The van der Waals surface area contributed by atoms with E-state index in [-0.39, 0.29) is 11.9 Å². The van der Waals surface area contributed by atoms with Crippen molar-refractivity contribution in [1.29, 1.82) is 0 Å². The van der Waals surface area contributed by atoms with E-state index in [0.717, 1.165) is 31.5 Å². The molecule has 1 aliphatic rings. The Kier molecular flexibility index (Phi) is 4.49. The molecule has 0 radical (unpaired) electrons. The standard InChI is InChI=1S/C13H17F2NO2/c14-13(15)18-12-4-2-1-3-10(12)9-16-7-5-11(17)6-8-16/h1-4,11,13,17H,5-9H2. The van der Waals surface area contributed by atoms with E-state index in [4.69, 9.17) is 0 Å². The molecule has 1 aromatic rings. The molecule has 1 aromatic carbocycles. The van der Waals surface area contributed by atoms with Crippen molar-refractivity contribution in [3.05, 3.63) is 29.8 Å². The maximum absolute atomic E-state index is 12.3. The smallest absolute Gasteiger partial charge is 0.387 e. The van der Waals surface area contributed by atoms with E-state index in [1.807, 2.05) is 6.07 Å². The molecule has 1 saturated heterocycles. The van der Waals surface area contributed by atoms with Crippen LogP contribution in [0.2, 0.25) is 0 Å². The van der Waals surface area contributed by atoms with Crippen LogP contribution in [0.4, 0.5) is 8.78 Å². The van der Waals surface area contributed by atoms with Crippen LogP contribution in [0.5, 0.6) is 5.75 Å². The zero-order chi connectivity index (χ0) is 13.0. The number of hydrogen-bond acceptors (Lipinski definition) is 3. The first kappa shape index (κ1) is 13.2. The third kappa shape index (κ3) is 3.65. The van der Waals surface area contributed by atoms with Gasteiger partial charge >= 0.3 is 6.61 Å². The second kappa shape index (κ2) is 6.11. The summed E-state index contributed by atoms with van der Waals surface area (Å²) in [5.74, 6) is 0.235. The van der Waals surface area contributed by atoms with Crippen LogP contribution in [0.3, 0.4) is 0 Å². The molecule has 1 aliphatic heterocycles. The highest BCUT2D eigenvalue weighted by Crippen LogP contribution is 2.23. The second-order valence-electron chi connectivity index (χ2n) is 4.49. The van der Waals surface area contributed by atoms with Gasteiger partial charge in [-0.2, -0.15) is 8.78 Å². The number of nitrogens with zero attached hydrogens (tertiary/aromatic N) is 1. The molecule has 100 valence electrons. The summed E-state index contributed by atoms with van der Waals surface area (Å²) >= 11 is 0. The summed E-state index contributed by atoms with van der Waals surface area (Å²) < 4.78 is 29.0. The Labute approximate surface area is 105 Å². The number of hydrogen-bond donors (Lipinski definition) is 1. The number of benzene rings is 1. The van der Waals surface area contributed by atoms with E-state index in [1.165, 1.54) is 0 Å². The lowest BCUT2D eigenvalue weighted by molar-refractivity contribution is -0.0508. The Bertz CT molecular complexity index is 379. The van der Waals surface area contributed by atoms with Gasteiger partial charge in [0, 0.05) is 25.2 Å². The average molecular weight is 257 g/mol. The van der Waals surface area contributed by atoms with Crippen molar-refractivity contribution in [3.63, 3.8) is 0 Å². The molecule has 0 saturated carbocycles. The number of rotatable bonds is 4. The maximum atomic E-state index is 12.3. The summed E-state index contributed by atoms with van der Waals surface area (Å²) in [6.45, 7) is -0.654. The molecule has 3 nitrogen and oxygen atoms in total. The van der Waals surface area contributed by atoms with E-state index in [2.05, 4.69) is 9.64 Å². The number of ether oxygens (including phenoxy) is 1. The number of aliphatic hydroxyl groups is 1. The Balaban J connectivity index is 2.00. The third-order valence-electron chi connectivity index (χ3n) is 3.14. The lowest BCUT2D eigenvalue weighted by Gasteiger charge is -2.29. The molecule has 0 amide bonds. The molecule has 1 heterocycles. The van der Waals surface area contributed by atoms with Gasteiger partial charge < -0.3 is 9.84 Å². The average Bonchev–Trinajstić information content (AvgIpc) is 2.34. The minimum Gasteiger partial charge on any atom is -0.434 e. The first-order chi connectivity index (χ1) is 8.65. The lowest BCUT2D eigenvalue weighted by atomic mass is 10.1. The number of halogens is 2. The molecule has 18 heavy (non-hydrogen) atoms. The van der Waals surface area contributed by atoms with Crippen LogP contribution in [-0.2, 0) is 6.54 Å². The van der Waals surface area contributed by atoms with Crippen LogP contribution in [0.1, 0.15) is 18.4 Å². The van der Waals surface area contributed by atoms with E-state index in [0.29, 0.717) is 6.54 Å². The first-order valence-corrected chi connectivity index (χ1v) is 6.08. The zero-order valence-corrected chi connectivity index (χ0v) is 10.1. The predicted molar refractivity (Wildman–Crippen MR) is 63.6 cm³/mol. The lowest BCUT2D eigenvalue weighted by Crippen LogP contribution is -2.35. The molecule has 1 fully saturated rings. The molecule has 0 atom stereocenters. The van der Waals surface area contributed by atoms with Gasteiger partial charge in [-0.05, 0) is 18.9 Å². The summed E-state index contributed by atoms with van der Waals surface area (Å²) in [7, 11) is 0. The van der Waals surface area contributed by atoms with Crippen LogP contribution >= 0.6 is 0 Å².